The number of halogens is 1. The molecule has 3 aromatic rings. The summed E-state index contributed by atoms with van der Waals surface area (Å²) >= 11 is 5.85. The maximum absolute atomic E-state index is 10.9. The SMILES string of the molecule is O=[N+]([O-])c1ccc2c(c1)c1ccccc1n2CCCl. The molecular weight excluding hydrogens is 264 g/mol. The summed E-state index contributed by atoms with van der Waals surface area (Å²) in [5.41, 5.74) is 2.15. The van der Waals surface area contributed by atoms with Crippen LogP contribution >= 0.6 is 11.6 Å². The average molecular weight is 275 g/mol. The molecule has 2 aromatic carbocycles. The van der Waals surface area contributed by atoms with E-state index < -0.39 is 0 Å². The van der Waals surface area contributed by atoms with Gasteiger partial charge in [-0.15, -0.1) is 11.6 Å². The fourth-order valence-electron chi connectivity index (χ4n) is 2.48. The van der Waals surface area contributed by atoms with E-state index in [1.54, 1.807) is 12.1 Å². The molecule has 3 rings (SSSR count). The van der Waals surface area contributed by atoms with Crippen LogP contribution in [-0.2, 0) is 6.54 Å². The molecule has 19 heavy (non-hydrogen) atoms. The molecule has 4 nitrogen and oxygen atoms in total. The molecule has 0 fully saturated rings. The number of hydrogen-bond donors (Lipinski definition) is 0. The molecule has 1 heterocycles. The smallest absolute Gasteiger partial charge is 0.270 e. The van der Waals surface area contributed by atoms with Gasteiger partial charge in [0, 0.05) is 46.4 Å². The Hall–Kier alpha value is -2.07. The van der Waals surface area contributed by atoms with Crippen LogP contribution < -0.4 is 0 Å². The zero-order chi connectivity index (χ0) is 13.4. The third-order valence-corrected chi connectivity index (χ3v) is 3.44. The highest BCUT2D eigenvalue weighted by Crippen LogP contribution is 2.31. The monoisotopic (exact) mass is 274 g/mol. The molecule has 96 valence electrons. The molecule has 5 heteroatoms. The number of alkyl halides is 1. The Morgan fingerprint density at radius 2 is 1.84 bits per heavy atom. The summed E-state index contributed by atoms with van der Waals surface area (Å²) in [5, 5.41) is 12.8. The van der Waals surface area contributed by atoms with Gasteiger partial charge < -0.3 is 4.57 Å². The molecule has 0 spiro atoms. The van der Waals surface area contributed by atoms with Crippen LogP contribution in [0.1, 0.15) is 0 Å². The van der Waals surface area contributed by atoms with Crippen molar-refractivity contribution in [1.82, 2.24) is 4.57 Å². The number of hydrogen-bond acceptors (Lipinski definition) is 2. The van der Waals surface area contributed by atoms with Crippen molar-refractivity contribution in [1.29, 1.82) is 0 Å². The fourth-order valence-corrected chi connectivity index (χ4v) is 2.65. The van der Waals surface area contributed by atoms with Crippen LogP contribution in [0.2, 0.25) is 0 Å². The van der Waals surface area contributed by atoms with Crippen LogP contribution in [0.4, 0.5) is 5.69 Å². The normalized spacial score (nSPS) is 11.2. The van der Waals surface area contributed by atoms with Crippen molar-refractivity contribution in [2.24, 2.45) is 0 Å². The van der Waals surface area contributed by atoms with Crippen molar-refractivity contribution in [2.75, 3.05) is 5.88 Å². The first-order valence-electron chi connectivity index (χ1n) is 5.93. The molecule has 0 amide bonds. The van der Waals surface area contributed by atoms with Gasteiger partial charge in [-0.1, -0.05) is 18.2 Å². The second kappa shape index (κ2) is 4.55. The average Bonchev–Trinajstić information content (AvgIpc) is 2.74. The Balaban J connectivity index is 2.41. The number of fused-ring (bicyclic) bond motifs is 3. The largest absolute Gasteiger partial charge is 0.339 e. The summed E-state index contributed by atoms with van der Waals surface area (Å²) in [5.74, 6) is 0.505. The van der Waals surface area contributed by atoms with Gasteiger partial charge in [0.2, 0.25) is 0 Å². The number of nitro benzene ring substituents is 1. The zero-order valence-corrected chi connectivity index (χ0v) is 10.8. The van der Waals surface area contributed by atoms with Crippen molar-refractivity contribution in [3.05, 3.63) is 52.6 Å². The van der Waals surface area contributed by atoms with E-state index >= 15 is 0 Å². The first-order valence-corrected chi connectivity index (χ1v) is 6.47. The second-order valence-corrected chi connectivity index (χ2v) is 4.69. The van der Waals surface area contributed by atoms with Gasteiger partial charge in [-0.3, -0.25) is 10.1 Å². The number of nitro groups is 1. The molecule has 1 aromatic heterocycles. The molecule has 0 unspecified atom stereocenters. The van der Waals surface area contributed by atoms with E-state index in [1.165, 1.54) is 6.07 Å². The highest BCUT2D eigenvalue weighted by Gasteiger charge is 2.13. The lowest BCUT2D eigenvalue weighted by atomic mass is 10.1. The third-order valence-electron chi connectivity index (χ3n) is 3.27. The molecule has 0 saturated heterocycles. The number of para-hydroxylation sites is 1. The molecule has 0 saturated carbocycles. The van der Waals surface area contributed by atoms with E-state index in [0.29, 0.717) is 12.4 Å². The molecule has 0 atom stereocenters. The first-order chi connectivity index (χ1) is 9.22. The molecule has 0 aliphatic carbocycles. The number of benzene rings is 2. The summed E-state index contributed by atoms with van der Waals surface area (Å²) in [7, 11) is 0. The summed E-state index contributed by atoms with van der Waals surface area (Å²) in [4.78, 5) is 10.5. The molecule has 0 bridgehead atoms. The van der Waals surface area contributed by atoms with Gasteiger partial charge in [0.05, 0.1) is 4.92 Å². The minimum absolute atomic E-state index is 0.112. The Labute approximate surface area is 114 Å². The number of aryl methyl sites for hydroxylation is 1. The molecule has 0 aliphatic heterocycles. The van der Waals surface area contributed by atoms with Gasteiger partial charge in [-0.2, -0.15) is 0 Å². The number of rotatable bonds is 3. The van der Waals surface area contributed by atoms with Crippen molar-refractivity contribution >= 4 is 39.1 Å². The Morgan fingerprint density at radius 1 is 1.11 bits per heavy atom. The van der Waals surface area contributed by atoms with Crippen molar-refractivity contribution in [3.8, 4) is 0 Å². The van der Waals surface area contributed by atoms with Crippen LogP contribution in [0.25, 0.3) is 21.8 Å². The van der Waals surface area contributed by atoms with Gasteiger partial charge in [0.1, 0.15) is 0 Å². The summed E-state index contributed by atoms with van der Waals surface area (Å²) in [6.45, 7) is 0.684. The lowest BCUT2D eigenvalue weighted by Crippen LogP contribution is -1.98. The van der Waals surface area contributed by atoms with E-state index in [9.17, 15) is 10.1 Å². The van der Waals surface area contributed by atoms with Crippen LogP contribution in [0, 0.1) is 10.1 Å². The van der Waals surface area contributed by atoms with Crippen LogP contribution in [0.15, 0.2) is 42.5 Å². The second-order valence-electron chi connectivity index (χ2n) is 4.32. The molecule has 0 aliphatic rings. The van der Waals surface area contributed by atoms with Gasteiger partial charge in [-0.25, -0.2) is 0 Å². The number of nitrogens with zero attached hydrogens (tertiary/aromatic N) is 2. The summed E-state index contributed by atoms with van der Waals surface area (Å²) < 4.78 is 2.10. The molecular formula is C14H11ClN2O2. The third kappa shape index (κ3) is 1.85. The van der Waals surface area contributed by atoms with E-state index in [-0.39, 0.29) is 10.6 Å². The van der Waals surface area contributed by atoms with E-state index in [2.05, 4.69) is 4.57 Å². The Morgan fingerprint density at radius 3 is 2.58 bits per heavy atom. The van der Waals surface area contributed by atoms with Crippen molar-refractivity contribution in [3.63, 3.8) is 0 Å². The van der Waals surface area contributed by atoms with E-state index in [1.807, 2.05) is 24.3 Å². The van der Waals surface area contributed by atoms with Gasteiger partial charge >= 0.3 is 0 Å². The minimum atomic E-state index is -0.368. The lowest BCUT2D eigenvalue weighted by Gasteiger charge is -2.03. The van der Waals surface area contributed by atoms with Crippen LogP contribution in [0.5, 0.6) is 0 Å². The van der Waals surface area contributed by atoms with Crippen molar-refractivity contribution in [2.45, 2.75) is 6.54 Å². The van der Waals surface area contributed by atoms with E-state index in [4.69, 9.17) is 11.6 Å². The predicted molar refractivity (Wildman–Crippen MR) is 76.8 cm³/mol. The maximum atomic E-state index is 10.9. The number of non-ortho nitro benzene ring substituents is 1. The lowest BCUT2D eigenvalue weighted by molar-refractivity contribution is -0.384. The quantitative estimate of drug-likeness (QED) is 0.412. The first kappa shape index (κ1) is 12.0. The zero-order valence-electron chi connectivity index (χ0n) is 10.0. The number of aromatic nitrogens is 1. The minimum Gasteiger partial charge on any atom is -0.339 e. The predicted octanol–water partition coefficient (Wildman–Crippen LogP) is 3.94. The standard InChI is InChI=1S/C14H11ClN2O2/c15-7-8-16-13-4-2-1-3-11(13)12-9-10(17(18)19)5-6-14(12)16/h1-6,9H,7-8H2. The van der Waals surface area contributed by atoms with Crippen LogP contribution in [-0.4, -0.2) is 15.4 Å². The fraction of sp³-hybridized carbons (Fsp3) is 0.143. The van der Waals surface area contributed by atoms with E-state index in [0.717, 1.165) is 21.8 Å². The van der Waals surface area contributed by atoms with Gasteiger partial charge in [0.25, 0.3) is 5.69 Å². The van der Waals surface area contributed by atoms with Crippen LogP contribution in [0.3, 0.4) is 0 Å². The Kier molecular flexibility index (Phi) is 2.87. The molecule has 0 N–H and O–H groups in total. The highest BCUT2D eigenvalue weighted by molar-refractivity contribution is 6.18. The maximum Gasteiger partial charge on any atom is 0.270 e. The summed E-state index contributed by atoms with van der Waals surface area (Å²) in [6, 6.07) is 12.8. The van der Waals surface area contributed by atoms with Crippen molar-refractivity contribution < 1.29 is 4.92 Å². The summed E-state index contributed by atoms with van der Waals surface area (Å²) in [6.07, 6.45) is 0. The highest BCUT2D eigenvalue weighted by atomic mass is 35.5. The van der Waals surface area contributed by atoms with Gasteiger partial charge in [-0.05, 0) is 12.1 Å². The topological polar surface area (TPSA) is 48.1 Å². The van der Waals surface area contributed by atoms with Gasteiger partial charge in [0.15, 0.2) is 0 Å². The molecule has 0 radical (unpaired) electrons. The Bertz CT molecular complexity index is 780.